The van der Waals surface area contributed by atoms with Gasteiger partial charge in [0.15, 0.2) is 0 Å². The van der Waals surface area contributed by atoms with Gasteiger partial charge < -0.3 is 13.7 Å². The molecule has 5 nitrogen and oxygen atoms in total. The van der Waals surface area contributed by atoms with Gasteiger partial charge in [-0.3, -0.25) is 0 Å². The molecule has 0 radical (unpaired) electrons. The lowest BCUT2D eigenvalue weighted by Gasteiger charge is -2.18. The maximum absolute atomic E-state index is 10.6. The number of rotatable bonds is 4. The van der Waals surface area contributed by atoms with Crippen LogP contribution in [0, 0.1) is 22.7 Å². The third-order valence-corrected chi connectivity index (χ3v) is 11.1. The van der Waals surface area contributed by atoms with Crippen LogP contribution in [-0.4, -0.2) is 13.7 Å². The summed E-state index contributed by atoms with van der Waals surface area (Å²) in [6.45, 7) is 0. The van der Waals surface area contributed by atoms with Gasteiger partial charge in [-0.05, 0) is 72.8 Å². The topological polar surface area (TPSA) is 62.4 Å². The van der Waals surface area contributed by atoms with E-state index in [-0.39, 0.29) is 0 Å². The maximum atomic E-state index is 10.6. The van der Waals surface area contributed by atoms with Crippen LogP contribution in [-0.2, 0) is 0 Å². The number of hydrogen-bond donors (Lipinski definition) is 0. The third-order valence-electron chi connectivity index (χ3n) is 11.1. The van der Waals surface area contributed by atoms with Gasteiger partial charge in [0.05, 0.1) is 67.7 Å². The Kier molecular flexibility index (Phi) is 6.61. The van der Waals surface area contributed by atoms with Gasteiger partial charge in [-0.15, -0.1) is 0 Å². The Bertz CT molecular complexity index is 3420. The predicted molar refractivity (Wildman–Crippen MR) is 224 cm³/mol. The zero-order chi connectivity index (χ0) is 36.6. The number of nitrogens with zero attached hydrogens (tertiary/aromatic N) is 5. The highest BCUT2D eigenvalue weighted by Gasteiger charge is 2.22. The van der Waals surface area contributed by atoms with Gasteiger partial charge in [-0.2, -0.15) is 10.5 Å². The minimum atomic E-state index is 0.590. The van der Waals surface area contributed by atoms with Crippen LogP contribution in [0.1, 0.15) is 11.1 Å². The molecule has 0 unspecified atom stereocenters. The van der Waals surface area contributed by atoms with Crippen LogP contribution in [0.5, 0.6) is 0 Å². The van der Waals surface area contributed by atoms with Crippen LogP contribution in [0.3, 0.4) is 0 Å². The second-order valence-electron chi connectivity index (χ2n) is 14.0. The standard InChI is InChI=1S/C50H29N5/c51-30-32-24-27-48-42(28-32)39-16-5-10-22-47(39)54(48)46-21-9-4-15-38(46)41-29-34(26-25-33(41)31-52)53-43-18-6-3-14-37(43)40-17-11-23-49(50(40)53)55-44-19-7-1-12-35(44)36-13-2-8-20-45(36)55/h1-29H. The third kappa shape index (κ3) is 4.39. The Hall–Kier alpha value is -7.86. The highest BCUT2D eigenvalue weighted by atomic mass is 15.1. The number of aromatic nitrogens is 3. The van der Waals surface area contributed by atoms with E-state index in [1.54, 1.807) is 0 Å². The molecular formula is C50H29N5. The predicted octanol–water partition coefficient (Wildman–Crippen LogP) is 12.4. The van der Waals surface area contributed by atoms with Crippen molar-refractivity contribution in [3.63, 3.8) is 0 Å². The van der Waals surface area contributed by atoms with E-state index in [2.05, 4.69) is 153 Å². The summed E-state index contributed by atoms with van der Waals surface area (Å²) in [6.07, 6.45) is 0. The summed E-state index contributed by atoms with van der Waals surface area (Å²) in [5, 5.41) is 27.2. The number of benzene rings is 8. The van der Waals surface area contributed by atoms with Crippen molar-refractivity contribution in [3.8, 4) is 40.3 Å². The summed E-state index contributed by atoms with van der Waals surface area (Å²) >= 11 is 0. The van der Waals surface area contributed by atoms with E-state index >= 15 is 0 Å². The van der Waals surface area contributed by atoms with Gasteiger partial charge >= 0.3 is 0 Å². The summed E-state index contributed by atoms with van der Waals surface area (Å²) in [4.78, 5) is 0. The number of fused-ring (bicyclic) bond motifs is 9. The molecule has 0 aliphatic carbocycles. The first-order valence-corrected chi connectivity index (χ1v) is 18.3. The summed E-state index contributed by atoms with van der Waals surface area (Å²) in [6, 6.07) is 65.9. The molecule has 0 saturated carbocycles. The first-order valence-electron chi connectivity index (χ1n) is 18.3. The lowest BCUT2D eigenvalue weighted by molar-refractivity contribution is 1.13. The van der Waals surface area contributed by atoms with Crippen molar-refractivity contribution in [2.75, 3.05) is 0 Å². The van der Waals surface area contributed by atoms with Crippen molar-refractivity contribution < 1.29 is 0 Å². The van der Waals surface area contributed by atoms with E-state index in [1.807, 2.05) is 48.5 Å². The van der Waals surface area contributed by atoms with E-state index in [4.69, 9.17) is 0 Å². The van der Waals surface area contributed by atoms with Crippen molar-refractivity contribution in [2.24, 2.45) is 0 Å². The number of nitriles is 2. The van der Waals surface area contributed by atoms with Crippen LogP contribution < -0.4 is 0 Å². The first-order chi connectivity index (χ1) is 27.2. The van der Waals surface area contributed by atoms with Crippen molar-refractivity contribution in [1.82, 2.24) is 13.7 Å². The minimum absolute atomic E-state index is 0.590. The molecule has 5 heteroatoms. The summed E-state index contributed by atoms with van der Waals surface area (Å²) in [5.41, 5.74) is 12.5. The van der Waals surface area contributed by atoms with E-state index in [0.29, 0.717) is 11.1 Å². The monoisotopic (exact) mass is 699 g/mol. The van der Waals surface area contributed by atoms with Crippen molar-refractivity contribution in [1.29, 1.82) is 10.5 Å². The van der Waals surface area contributed by atoms with Gasteiger partial charge in [0.2, 0.25) is 0 Å². The Labute approximate surface area is 316 Å². The molecule has 254 valence electrons. The lowest BCUT2D eigenvalue weighted by Crippen LogP contribution is -2.02. The maximum Gasteiger partial charge on any atom is 0.0998 e. The average molecular weight is 700 g/mol. The van der Waals surface area contributed by atoms with Crippen LogP contribution in [0.2, 0.25) is 0 Å². The highest BCUT2D eigenvalue weighted by molar-refractivity contribution is 6.15. The Morgan fingerprint density at radius 1 is 0.345 bits per heavy atom. The molecule has 0 amide bonds. The SMILES string of the molecule is N#Cc1ccc2c(c1)c1ccccc1n2-c1ccccc1-c1cc(-n2c3ccccc3c3cccc(-n4c5ccccc5c5ccccc54)c32)ccc1C#N. The molecule has 0 atom stereocenters. The molecule has 0 aliphatic heterocycles. The molecule has 0 fully saturated rings. The van der Waals surface area contributed by atoms with Gasteiger partial charge in [0.1, 0.15) is 0 Å². The second kappa shape index (κ2) is 11.8. The summed E-state index contributed by atoms with van der Waals surface area (Å²) in [5.74, 6) is 0. The van der Waals surface area contributed by atoms with Gasteiger partial charge in [-0.1, -0.05) is 103 Å². The van der Waals surface area contributed by atoms with Gasteiger partial charge in [0, 0.05) is 49.1 Å². The van der Waals surface area contributed by atoms with Crippen LogP contribution in [0.15, 0.2) is 176 Å². The lowest BCUT2D eigenvalue weighted by atomic mass is 9.97. The zero-order valence-electron chi connectivity index (χ0n) is 29.5. The Balaban J connectivity index is 1.21. The molecule has 0 aliphatic rings. The fourth-order valence-corrected chi connectivity index (χ4v) is 8.82. The fourth-order valence-electron chi connectivity index (χ4n) is 8.82. The van der Waals surface area contributed by atoms with E-state index in [0.717, 1.165) is 82.8 Å². The smallest absolute Gasteiger partial charge is 0.0998 e. The largest absolute Gasteiger partial charge is 0.309 e. The average Bonchev–Trinajstić information content (AvgIpc) is 3.89. The Morgan fingerprint density at radius 3 is 1.51 bits per heavy atom. The van der Waals surface area contributed by atoms with Crippen molar-refractivity contribution in [3.05, 3.63) is 187 Å². The van der Waals surface area contributed by atoms with Crippen molar-refractivity contribution in [2.45, 2.75) is 0 Å². The molecule has 11 aromatic rings. The summed E-state index contributed by atoms with van der Waals surface area (Å²) < 4.78 is 7.01. The van der Waals surface area contributed by atoms with E-state index < -0.39 is 0 Å². The summed E-state index contributed by atoms with van der Waals surface area (Å²) in [7, 11) is 0. The van der Waals surface area contributed by atoms with Crippen LogP contribution >= 0.6 is 0 Å². The second-order valence-corrected chi connectivity index (χ2v) is 14.0. The molecule has 8 aromatic carbocycles. The molecule has 3 heterocycles. The Morgan fingerprint density at radius 2 is 0.855 bits per heavy atom. The van der Waals surface area contributed by atoms with Crippen LogP contribution in [0.4, 0.5) is 0 Å². The molecule has 0 N–H and O–H groups in total. The molecule has 0 bridgehead atoms. The van der Waals surface area contributed by atoms with E-state index in [9.17, 15) is 10.5 Å². The molecular weight excluding hydrogens is 671 g/mol. The normalized spacial score (nSPS) is 11.6. The molecule has 11 rings (SSSR count). The molecule has 3 aromatic heterocycles. The fraction of sp³-hybridized carbons (Fsp3) is 0. The van der Waals surface area contributed by atoms with Gasteiger partial charge in [0.25, 0.3) is 0 Å². The number of hydrogen-bond acceptors (Lipinski definition) is 2. The van der Waals surface area contributed by atoms with Gasteiger partial charge in [-0.25, -0.2) is 0 Å². The molecule has 0 spiro atoms. The molecule has 0 saturated heterocycles. The minimum Gasteiger partial charge on any atom is -0.309 e. The first kappa shape index (κ1) is 30.7. The molecule has 55 heavy (non-hydrogen) atoms. The van der Waals surface area contributed by atoms with Crippen LogP contribution in [0.25, 0.3) is 93.6 Å². The zero-order valence-corrected chi connectivity index (χ0v) is 29.5. The highest BCUT2D eigenvalue weighted by Crippen LogP contribution is 2.42. The quantitative estimate of drug-likeness (QED) is 0.184. The number of para-hydroxylation sites is 6. The van der Waals surface area contributed by atoms with E-state index in [1.165, 1.54) is 10.8 Å². The van der Waals surface area contributed by atoms with Crippen molar-refractivity contribution >= 4 is 65.4 Å².